The summed E-state index contributed by atoms with van der Waals surface area (Å²) in [6.45, 7) is 2.09. The maximum atomic E-state index is 11.9. The summed E-state index contributed by atoms with van der Waals surface area (Å²) in [5.41, 5.74) is 2.04. The van der Waals surface area contributed by atoms with E-state index in [2.05, 4.69) is 16.0 Å². The second-order valence-corrected chi connectivity index (χ2v) is 5.80. The molecule has 2 amide bonds. The van der Waals surface area contributed by atoms with Crippen molar-refractivity contribution in [3.63, 3.8) is 0 Å². The van der Waals surface area contributed by atoms with Gasteiger partial charge in [0.15, 0.2) is 0 Å². The minimum Gasteiger partial charge on any atom is -0.382 e. The largest absolute Gasteiger partial charge is 0.382 e. The summed E-state index contributed by atoms with van der Waals surface area (Å²) >= 11 is 0. The maximum Gasteiger partial charge on any atom is 0.234 e. The molecule has 0 aromatic heterocycles. The van der Waals surface area contributed by atoms with Crippen LogP contribution in [0.15, 0.2) is 24.3 Å². The van der Waals surface area contributed by atoms with E-state index in [-0.39, 0.29) is 17.7 Å². The van der Waals surface area contributed by atoms with Crippen LogP contribution in [0.1, 0.15) is 37.2 Å². The first-order valence-electron chi connectivity index (χ1n) is 7.63. The van der Waals surface area contributed by atoms with Crippen LogP contribution in [0, 0.1) is 0 Å². The van der Waals surface area contributed by atoms with E-state index in [0.717, 1.165) is 37.2 Å². The fourth-order valence-corrected chi connectivity index (χ4v) is 3.06. The van der Waals surface area contributed by atoms with Crippen LogP contribution in [-0.2, 0) is 9.59 Å². The number of imide groups is 1. The van der Waals surface area contributed by atoms with Crippen LogP contribution in [-0.4, -0.2) is 30.9 Å². The average Bonchev–Trinajstić information content (AvgIpc) is 2.48. The predicted molar refractivity (Wildman–Crippen MR) is 81.1 cm³/mol. The molecule has 1 unspecified atom stereocenters. The molecule has 0 spiro atoms. The Balaban J connectivity index is 1.70. The van der Waals surface area contributed by atoms with E-state index in [4.69, 9.17) is 0 Å². The van der Waals surface area contributed by atoms with Crippen molar-refractivity contribution in [2.75, 3.05) is 18.4 Å². The molecule has 0 bridgehead atoms. The Hall–Kier alpha value is -1.88. The van der Waals surface area contributed by atoms with Gasteiger partial charge < -0.3 is 10.6 Å². The van der Waals surface area contributed by atoms with E-state index in [9.17, 15) is 9.59 Å². The van der Waals surface area contributed by atoms with Gasteiger partial charge >= 0.3 is 0 Å². The molecule has 3 N–H and O–H groups in total. The highest BCUT2D eigenvalue weighted by Gasteiger charge is 2.28. The van der Waals surface area contributed by atoms with Crippen LogP contribution in [0.5, 0.6) is 0 Å². The summed E-state index contributed by atoms with van der Waals surface area (Å²) in [6.07, 6.45) is 3.25. The highest BCUT2D eigenvalue weighted by Crippen LogP contribution is 2.27. The summed E-state index contributed by atoms with van der Waals surface area (Å²) in [7, 11) is 0. The zero-order valence-electron chi connectivity index (χ0n) is 12.0. The third-order valence-electron chi connectivity index (χ3n) is 4.24. The normalized spacial score (nSPS) is 23.7. The molecule has 2 fully saturated rings. The molecule has 21 heavy (non-hydrogen) atoms. The molecule has 112 valence electrons. The molecule has 0 saturated carbocycles. The zero-order chi connectivity index (χ0) is 14.7. The lowest BCUT2D eigenvalue weighted by Gasteiger charge is -2.26. The molecule has 0 radical (unpaired) electrons. The van der Waals surface area contributed by atoms with Crippen molar-refractivity contribution in [2.24, 2.45) is 0 Å². The summed E-state index contributed by atoms with van der Waals surface area (Å²) in [6, 6.07) is 8.51. The van der Waals surface area contributed by atoms with Gasteiger partial charge in [0.05, 0.1) is 5.92 Å². The molecule has 2 heterocycles. The fraction of sp³-hybridized carbons (Fsp3) is 0.500. The molecule has 1 aromatic rings. The van der Waals surface area contributed by atoms with Crippen molar-refractivity contribution in [3.8, 4) is 0 Å². The SMILES string of the molecule is O=C1CCC(c2cccc(NC3CCNCC3)c2)C(=O)N1. The molecular weight excluding hydrogens is 266 g/mol. The molecule has 1 aromatic carbocycles. The molecule has 5 nitrogen and oxygen atoms in total. The Morgan fingerprint density at radius 1 is 1.10 bits per heavy atom. The second-order valence-electron chi connectivity index (χ2n) is 5.80. The van der Waals surface area contributed by atoms with E-state index >= 15 is 0 Å². The van der Waals surface area contributed by atoms with E-state index in [0.29, 0.717) is 18.9 Å². The van der Waals surface area contributed by atoms with E-state index in [1.807, 2.05) is 24.3 Å². The van der Waals surface area contributed by atoms with Crippen LogP contribution in [0.3, 0.4) is 0 Å². The minimum atomic E-state index is -0.211. The summed E-state index contributed by atoms with van der Waals surface area (Å²) in [5.74, 6) is -0.553. The third-order valence-corrected chi connectivity index (χ3v) is 4.24. The lowest BCUT2D eigenvalue weighted by atomic mass is 9.90. The molecule has 1 atom stereocenters. The molecule has 2 aliphatic rings. The molecule has 3 rings (SSSR count). The van der Waals surface area contributed by atoms with E-state index < -0.39 is 0 Å². The van der Waals surface area contributed by atoms with Crippen LogP contribution < -0.4 is 16.0 Å². The number of anilines is 1. The fourth-order valence-electron chi connectivity index (χ4n) is 3.06. The first-order chi connectivity index (χ1) is 10.2. The maximum absolute atomic E-state index is 11.9. The van der Waals surface area contributed by atoms with Gasteiger partial charge in [0, 0.05) is 18.2 Å². The number of hydrogen-bond acceptors (Lipinski definition) is 4. The van der Waals surface area contributed by atoms with Crippen LogP contribution in [0.4, 0.5) is 5.69 Å². The van der Waals surface area contributed by atoms with Gasteiger partial charge in [-0.2, -0.15) is 0 Å². The van der Waals surface area contributed by atoms with Gasteiger partial charge in [-0.25, -0.2) is 0 Å². The first-order valence-corrected chi connectivity index (χ1v) is 7.63. The van der Waals surface area contributed by atoms with Gasteiger partial charge in [0.2, 0.25) is 11.8 Å². The Kier molecular flexibility index (Phi) is 4.20. The number of hydrogen-bond donors (Lipinski definition) is 3. The lowest BCUT2D eigenvalue weighted by molar-refractivity contribution is -0.134. The minimum absolute atomic E-state index is 0.166. The standard InChI is InChI=1S/C16H21N3O2/c20-15-5-4-14(16(21)19-15)11-2-1-3-13(10-11)18-12-6-8-17-9-7-12/h1-3,10,12,14,17-18H,4-9H2,(H,19,20,21). The molecule has 2 saturated heterocycles. The Bertz CT molecular complexity index is 538. The van der Waals surface area contributed by atoms with Crippen molar-refractivity contribution in [2.45, 2.75) is 37.6 Å². The van der Waals surface area contributed by atoms with Gasteiger partial charge in [0.1, 0.15) is 0 Å². The monoisotopic (exact) mass is 287 g/mol. The zero-order valence-corrected chi connectivity index (χ0v) is 12.0. The lowest BCUT2D eigenvalue weighted by Crippen LogP contribution is -2.39. The third kappa shape index (κ3) is 3.42. The smallest absolute Gasteiger partial charge is 0.234 e. The first kappa shape index (κ1) is 14.1. The molecule has 2 aliphatic heterocycles. The van der Waals surface area contributed by atoms with Gasteiger partial charge in [-0.05, 0) is 50.0 Å². The van der Waals surface area contributed by atoms with Crippen molar-refractivity contribution in [1.82, 2.24) is 10.6 Å². The molecule has 5 heteroatoms. The Labute approximate surface area is 124 Å². The number of nitrogens with one attached hydrogen (secondary N) is 3. The van der Waals surface area contributed by atoms with Crippen molar-refractivity contribution in [3.05, 3.63) is 29.8 Å². The van der Waals surface area contributed by atoms with Gasteiger partial charge in [-0.15, -0.1) is 0 Å². The number of piperidine rings is 2. The quantitative estimate of drug-likeness (QED) is 0.734. The Morgan fingerprint density at radius 2 is 1.90 bits per heavy atom. The van der Waals surface area contributed by atoms with Crippen LogP contribution in [0.25, 0.3) is 0 Å². The summed E-state index contributed by atoms with van der Waals surface area (Å²) in [5, 5.41) is 9.32. The number of benzene rings is 1. The topological polar surface area (TPSA) is 70.2 Å². The number of carbonyl (C=O) groups is 2. The van der Waals surface area contributed by atoms with Crippen molar-refractivity contribution in [1.29, 1.82) is 0 Å². The van der Waals surface area contributed by atoms with Crippen molar-refractivity contribution >= 4 is 17.5 Å². The molecular formula is C16H21N3O2. The van der Waals surface area contributed by atoms with E-state index in [1.165, 1.54) is 0 Å². The Morgan fingerprint density at radius 3 is 2.67 bits per heavy atom. The number of amides is 2. The van der Waals surface area contributed by atoms with Crippen LogP contribution in [0.2, 0.25) is 0 Å². The number of rotatable bonds is 3. The second kappa shape index (κ2) is 6.26. The summed E-state index contributed by atoms with van der Waals surface area (Å²) < 4.78 is 0. The van der Waals surface area contributed by atoms with Gasteiger partial charge in [0.25, 0.3) is 0 Å². The predicted octanol–water partition coefficient (Wildman–Crippen LogP) is 1.37. The van der Waals surface area contributed by atoms with E-state index in [1.54, 1.807) is 0 Å². The highest BCUT2D eigenvalue weighted by atomic mass is 16.2. The summed E-state index contributed by atoms with van der Waals surface area (Å²) in [4.78, 5) is 23.2. The average molecular weight is 287 g/mol. The van der Waals surface area contributed by atoms with Crippen molar-refractivity contribution < 1.29 is 9.59 Å². The highest BCUT2D eigenvalue weighted by molar-refractivity contribution is 6.01. The number of carbonyl (C=O) groups excluding carboxylic acids is 2. The van der Waals surface area contributed by atoms with Gasteiger partial charge in [-0.1, -0.05) is 12.1 Å². The van der Waals surface area contributed by atoms with Gasteiger partial charge in [-0.3, -0.25) is 14.9 Å². The molecule has 0 aliphatic carbocycles. The van der Waals surface area contributed by atoms with Crippen LogP contribution >= 0.6 is 0 Å².